The molecule has 0 aliphatic heterocycles. The summed E-state index contributed by atoms with van der Waals surface area (Å²) < 4.78 is 0. The van der Waals surface area contributed by atoms with Crippen molar-refractivity contribution in [1.82, 2.24) is 0 Å². The molecule has 0 aromatic heterocycles. The smallest absolute Gasteiger partial charge is 0.269 e. The van der Waals surface area contributed by atoms with Gasteiger partial charge in [-0.05, 0) is 50.1 Å². The fourth-order valence-corrected chi connectivity index (χ4v) is 3.68. The van der Waals surface area contributed by atoms with E-state index >= 15 is 0 Å². The van der Waals surface area contributed by atoms with Gasteiger partial charge in [0.05, 0.1) is 10.7 Å². The summed E-state index contributed by atoms with van der Waals surface area (Å²) in [6.07, 6.45) is 4.64. The summed E-state index contributed by atoms with van der Waals surface area (Å²) in [6.45, 7) is 2.00. The highest BCUT2D eigenvalue weighted by atomic mass is 35.5. The number of nitrogens with one attached hydrogen (secondary N) is 1. The van der Waals surface area contributed by atoms with Gasteiger partial charge in [-0.15, -0.1) is 0 Å². The second-order valence-electron chi connectivity index (χ2n) is 7.41. The molecule has 4 N–H and O–H groups in total. The lowest BCUT2D eigenvalue weighted by Crippen LogP contribution is -2.48. The van der Waals surface area contributed by atoms with Crippen molar-refractivity contribution in [3.8, 4) is 11.8 Å². The third kappa shape index (κ3) is 4.67. The number of halogens is 1. The summed E-state index contributed by atoms with van der Waals surface area (Å²) in [4.78, 5) is 13.1. The molecular weight excluding hydrogens is 372 g/mol. The van der Waals surface area contributed by atoms with Gasteiger partial charge in [0, 0.05) is 17.2 Å². The van der Waals surface area contributed by atoms with Crippen LogP contribution in [0.15, 0.2) is 42.5 Å². The molecule has 5 heteroatoms. The molecular formula is C23H25ClN2O2. The molecule has 0 spiro atoms. The first-order valence-corrected chi connectivity index (χ1v) is 9.95. The SMILES string of the molecule is Cc1ccc(C#C[C@@](O)(C(=O)Nc2ccc(N)c(Cl)c2)C2CCCCC2)cc1. The van der Waals surface area contributed by atoms with Gasteiger partial charge >= 0.3 is 0 Å². The van der Waals surface area contributed by atoms with Gasteiger partial charge in [0.1, 0.15) is 0 Å². The first-order valence-electron chi connectivity index (χ1n) is 9.57. The number of aryl methyl sites for hydroxylation is 1. The molecule has 0 heterocycles. The van der Waals surface area contributed by atoms with Crippen molar-refractivity contribution in [3.63, 3.8) is 0 Å². The van der Waals surface area contributed by atoms with E-state index in [0.29, 0.717) is 16.4 Å². The van der Waals surface area contributed by atoms with Crippen molar-refractivity contribution in [1.29, 1.82) is 0 Å². The van der Waals surface area contributed by atoms with Crippen LogP contribution in [0.2, 0.25) is 5.02 Å². The second-order valence-corrected chi connectivity index (χ2v) is 7.81. The fraction of sp³-hybridized carbons (Fsp3) is 0.348. The van der Waals surface area contributed by atoms with Gasteiger partial charge in [-0.2, -0.15) is 0 Å². The Labute approximate surface area is 171 Å². The zero-order valence-electron chi connectivity index (χ0n) is 16.0. The van der Waals surface area contributed by atoms with E-state index in [1.54, 1.807) is 18.2 Å². The Bertz CT molecular complexity index is 908. The molecule has 28 heavy (non-hydrogen) atoms. The van der Waals surface area contributed by atoms with E-state index in [0.717, 1.165) is 43.2 Å². The van der Waals surface area contributed by atoms with E-state index in [1.807, 2.05) is 31.2 Å². The minimum Gasteiger partial charge on any atom is -0.398 e. The third-order valence-electron chi connectivity index (χ3n) is 5.25. The summed E-state index contributed by atoms with van der Waals surface area (Å²) in [7, 11) is 0. The average molecular weight is 397 g/mol. The van der Waals surface area contributed by atoms with Gasteiger partial charge in [-0.3, -0.25) is 4.79 Å². The Balaban J connectivity index is 1.90. The molecule has 2 aromatic carbocycles. The molecule has 2 aromatic rings. The summed E-state index contributed by atoms with van der Waals surface area (Å²) in [6, 6.07) is 12.6. The normalized spacial score (nSPS) is 16.5. The van der Waals surface area contributed by atoms with E-state index in [9.17, 15) is 9.90 Å². The first kappa shape index (κ1) is 20.3. The van der Waals surface area contributed by atoms with E-state index < -0.39 is 11.5 Å². The topological polar surface area (TPSA) is 75.3 Å². The molecule has 4 nitrogen and oxygen atoms in total. The van der Waals surface area contributed by atoms with Gasteiger partial charge in [0.15, 0.2) is 0 Å². The predicted octanol–water partition coefficient (Wildman–Crippen LogP) is 4.53. The Morgan fingerprint density at radius 3 is 2.50 bits per heavy atom. The maximum Gasteiger partial charge on any atom is 0.269 e. The van der Waals surface area contributed by atoms with Crippen LogP contribution in [0.5, 0.6) is 0 Å². The zero-order chi connectivity index (χ0) is 20.1. The van der Waals surface area contributed by atoms with Crippen molar-refractivity contribution in [3.05, 3.63) is 58.6 Å². The summed E-state index contributed by atoms with van der Waals surface area (Å²) >= 11 is 6.05. The van der Waals surface area contributed by atoms with Gasteiger partial charge < -0.3 is 16.2 Å². The summed E-state index contributed by atoms with van der Waals surface area (Å²) in [5.41, 5.74) is 6.78. The number of nitrogens with two attached hydrogens (primary N) is 1. The molecule has 1 atom stereocenters. The third-order valence-corrected chi connectivity index (χ3v) is 5.58. The predicted molar refractivity (Wildman–Crippen MR) is 114 cm³/mol. The number of rotatable bonds is 3. The number of amides is 1. The maximum atomic E-state index is 13.1. The lowest BCUT2D eigenvalue weighted by atomic mass is 9.76. The van der Waals surface area contributed by atoms with Crippen LogP contribution in [-0.2, 0) is 4.79 Å². The van der Waals surface area contributed by atoms with E-state index in [2.05, 4.69) is 17.2 Å². The molecule has 0 unspecified atom stereocenters. The van der Waals surface area contributed by atoms with E-state index in [-0.39, 0.29) is 5.92 Å². The minimum atomic E-state index is -1.76. The van der Waals surface area contributed by atoms with Crippen LogP contribution in [0.1, 0.15) is 43.2 Å². The van der Waals surface area contributed by atoms with Crippen LogP contribution in [0.3, 0.4) is 0 Å². The molecule has 0 bridgehead atoms. The fourth-order valence-electron chi connectivity index (χ4n) is 3.50. The number of carbonyl (C=O) groups excluding carboxylic acids is 1. The summed E-state index contributed by atoms with van der Waals surface area (Å²) in [5, 5.41) is 14.5. The molecule has 146 valence electrons. The van der Waals surface area contributed by atoms with Crippen LogP contribution in [0.4, 0.5) is 11.4 Å². The lowest BCUT2D eigenvalue weighted by molar-refractivity contribution is -0.134. The van der Waals surface area contributed by atoms with E-state index in [1.165, 1.54) is 0 Å². The number of hydrogen-bond acceptors (Lipinski definition) is 3. The second kappa shape index (κ2) is 8.68. The van der Waals surface area contributed by atoms with Crippen molar-refractivity contribution in [2.24, 2.45) is 5.92 Å². The number of hydrogen-bond donors (Lipinski definition) is 3. The van der Waals surface area contributed by atoms with Gasteiger partial charge in [-0.1, -0.05) is 60.4 Å². The maximum absolute atomic E-state index is 13.1. The minimum absolute atomic E-state index is 0.205. The first-order chi connectivity index (χ1) is 13.4. The highest BCUT2D eigenvalue weighted by Crippen LogP contribution is 2.34. The van der Waals surface area contributed by atoms with Crippen LogP contribution >= 0.6 is 11.6 Å². The van der Waals surface area contributed by atoms with E-state index in [4.69, 9.17) is 17.3 Å². The van der Waals surface area contributed by atoms with Gasteiger partial charge in [0.2, 0.25) is 5.60 Å². The molecule has 3 rings (SSSR count). The molecule has 1 aliphatic carbocycles. The number of nitrogen functional groups attached to an aromatic ring is 1. The standard InChI is InChI=1S/C23H25ClN2O2/c1-16-7-9-17(10-8-16)13-14-23(28,18-5-3-2-4-6-18)22(27)26-19-11-12-21(25)20(24)15-19/h7-12,15,18,28H,2-6,25H2,1H3,(H,26,27)/t23-/m0/s1. The zero-order valence-corrected chi connectivity index (χ0v) is 16.7. The molecule has 1 fully saturated rings. The Morgan fingerprint density at radius 1 is 1.18 bits per heavy atom. The number of carbonyl (C=O) groups is 1. The Morgan fingerprint density at radius 2 is 1.86 bits per heavy atom. The molecule has 1 aliphatic rings. The van der Waals surface area contributed by atoms with Gasteiger partial charge in [-0.25, -0.2) is 0 Å². The molecule has 0 radical (unpaired) electrons. The van der Waals surface area contributed by atoms with Crippen LogP contribution in [0.25, 0.3) is 0 Å². The number of anilines is 2. The van der Waals surface area contributed by atoms with Crippen LogP contribution in [-0.4, -0.2) is 16.6 Å². The molecule has 1 amide bonds. The van der Waals surface area contributed by atoms with Crippen molar-refractivity contribution < 1.29 is 9.90 Å². The lowest BCUT2D eigenvalue weighted by Gasteiger charge is -2.33. The molecule has 0 saturated heterocycles. The Hall–Kier alpha value is -2.48. The number of benzene rings is 2. The Kier molecular flexibility index (Phi) is 6.28. The average Bonchev–Trinajstić information content (AvgIpc) is 2.70. The summed E-state index contributed by atoms with van der Waals surface area (Å²) in [5.74, 6) is 5.14. The van der Waals surface area contributed by atoms with Crippen molar-refractivity contribution in [2.75, 3.05) is 11.1 Å². The number of aliphatic hydroxyl groups is 1. The van der Waals surface area contributed by atoms with Crippen LogP contribution in [0, 0.1) is 24.7 Å². The largest absolute Gasteiger partial charge is 0.398 e. The van der Waals surface area contributed by atoms with Crippen molar-refractivity contribution in [2.45, 2.75) is 44.6 Å². The van der Waals surface area contributed by atoms with Crippen molar-refractivity contribution >= 4 is 28.9 Å². The van der Waals surface area contributed by atoms with Crippen LogP contribution < -0.4 is 11.1 Å². The quantitative estimate of drug-likeness (QED) is 0.527. The highest BCUT2D eigenvalue weighted by Gasteiger charge is 2.43. The highest BCUT2D eigenvalue weighted by molar-refractivity contribution is 6.33. The molecule has 1 saturated carbocycles. The monoisotopic (exact) mass is 396 g/mol. The van der Waals surface area contributed by atoms with Gasteiger partial charge in [0.25, 0.3) is 5.91 Å².